The van der Waals surface area contributed by atoms with Crippen molar-refractivity contribution in [3.8, 4) is 17.1 Å². The summed E-state index contributed by atoms with van der Waals surface area (Å²) in [4.78, 5) is 8.74. The number of halogens is 1. The average Bonchev–Trinajstić information content (AvgIpc) is 2.39. The minimum absolute atomic E-state index is 0.115. The van der Waals surface area contributed by atoms with Crippen molar-refractivity contribution >= 4 is 15.9 Å². The molecule has 0 fully saturated rings. The van der Waals surface area contributed by atoms with Crippen molar-refractivity contribution in [2.75, 3.05) is 7.11 Å². The van der Waals surface area contributed by atoms with Crippen molar-refractivity contribution in [3.63, 3.8) is 0 Å². The molecule has 0 spiro atoms. The highest BCUT2D eigenvalue weighted by molar-refractivity contribution is 9.10. The van der Waals surface area contributed by atoms with Gasteiger partial charge >= 0.3 is 0 Å². The molecule has 0 aliphatic carbocycles. The Bertz CT molecular complexity index is 555. The van der Waals surface area contributed by atoms with Crippen molar-refractivity contribution in [1.29, 1.82) is 0 Å². The van der Waals surface area contributed by atoms with Gasteiger partial charge in [0, 0.05) is 24.0 Å². The molecule has 1 aromatic heterocycles. The van der Waals surface area contributed by atoms with Crippen LogP contribution in [-0.2, 0) is 6.42 Å². The van der Waals surface area contributed by atoms with Gasteiger partial charge in [-0.15, -0.1) is 0 Å². The van der Waals surface area contributed by atoms with Crippen LogP contribution in [-0.4, -0.2) is 23.1 Å². The lowest BCUT2D eigenvalue weighted by Crippen LogP contribution is -2.18. The molecule has 0 bridgehead atoms. The maximum Gasteiger partial charge on any atom is 0.159 e. The first-order valence-corrected chi connectivity index (χ1v) is 6.80. The van der Waals surface area contributed by atoms with Crippen LogP contribution in [0.2, 0.25) is 0 Å². The zero-order valence-corrected chi connectivity index (χ0v) is 12.5. The topological polar surface area (TPSA) is 61.0 Å². The number of nitrogens with zero attached hydrogens (tertiary/aromatic N) is 2. The Morgan fingerprint density at radius 1 is 1.32 bits per heavy atom. The number of rotatable bonds is 4. The van der Waals surface area contributed by atoms with E-state index in [2.05, 4.69) is 25.9 Å². The fourth-order valence-corrected chi connectivity index (χ4v) is 2.33. The minimum atomic E-state index is 0.115. The van der Waals surface area contributed by atoms with Crippen molar-refractivity contribution in [2.24, 2.45) is 5.73 Å². The van der Waals surface area contributed by atoms with E-state index >= 15 is 0 Å². The van der Waals surface area contributed by atoms with Crippen LogP contribution in [0.15, 0.2) is 35.1 Å². The van der Waals surface area contributed by atoms with Gasteiger partial charge in [0.05, 0.1) is 11.6 Å². The van der Waals surface area contributed by atoms with Gasteiger partial charge in [0.15, 0.2) is 5.82 Å². The molecule has 0 saturated carbocycles. The molecule has 19 heavy (non-hydrogen) atoms. The maximum absolute atomic E-state index is 5.75. The fraction of sp³-hybridized carbons (Fsp3) is 0.286. The third kappa shape index (κ3) is 3.52. The zero-order valence-electron chi connectivity index (χ0n) is 10.9. The molecule has 2 N–H and O–H groups in total. The summed E-state index contributed by atoms with van der Waals surface area (Å²) in [7, 11) is 1.64. The number of methoxy groups -OCH3 is 1. The number of nitrogens with two attached hydrogens (primary N) is 1. The lowest BCUT2D eigenvalue weighted by Gasteiger charge is -2.07. The molecular weight excluding hydrogens is 306 g/mol. The molecule has 0 aliphatic rings. The van der Waals surface area contributed by atoms with Gasteiger partial charge in [0.25, 0.3) is 0 Å². The third-order valence-corrected chi connectivity index (χ3v) is 3.29. The molecule has 1 aromatic carbocycles. The Labute approximate surface area is 121 Å². The second-order valence-electron chi connectivity index (χ2n) is 4.45. The molecule has 0 saturated heterocycles. The van der Waals surface area contributed by atoms with E-state index in [9.17, 15) is 0 Å². The van der Waals surface area contributed by atoms with Gasteiger partial charge in [0.2, 0.25) is 0 Å². The quantitative estimate of drug-likeness (QED) is 0.940. The molecule has 1 atom stereocenters. The summed E-state index contributed by atoms with van der Waals surface area (Å²) in [6, 6.07) is 5.88. The highest BCUT2D eigenvalue weighted by atomic mass is 79.9. The van der Waals surface area contributed by atoms with Gasteiger partial charge in [-0.3, -0.25) is 0 Å². The lowest BCUT2D eigenvalue weighted by molar-refractivity contribution is 0.412. The van der Waals surface area contributed by atoms with Crippen LogP contribution in [0, 0.1) is 0 Å². The molecule has 1 unspecified atom stereocenters. The first-order chi connectivity index (χ1) is 9.10. The van der Waals surface area contributed by atoms with E-state index in [0.717, 1.165) is 27.8 Å². The SMILES string of the molecule is COc1ccc(-c2ncc(CC(C)N)cn2)cc1Br. The Morgan fingerprint density at radius 2 is 2.00 bits per heavy atom. The standard InChI is InChI=1S/C14H16BrN3O/c1-9(16)5-10-7-17-14(18-8-10)11-3-4-13(19-2)12(15)6-11/h3-4,6-9H,5,16H2,1-2H3. The summed E-state index contributed by atoms with van der Waals surface area (Å²) in [5, 5.41) is 0. The van der Waals surface area contributed by atoms with Gasteiger partial charge < -0.3 is 10.5 Å². The Balaban J connectivity index is 2.24. The van der Waals surface area contributed by atoms with Gasteiger partial charge in [-0.05, 0) is 53.0 Å². The number of aromatic nitrogens is 2. The summed E-state index contributed by atoms with van der Waals surface area (Å²) < 4.78 is 6.08. The second kappa shape index (κ2) is 6.12. The monoisotopic (exact) mass is 321 g/mol. The van der Waals surface area contributed by atoms with Gasteiger partial charge in [0.1, 0.15) is 5.75 Å². The van der Waals surface area contributed by atoms with Crippen molar-refractivity contribution < 1.29 is 4.74 Å². The van der Waals surface area contributed by atoms with E-state index in [0.29, 0.717) is 5.82 Å². The van der Waals surface area contributed by atoms with Crippen LogP contribution in [0.5, 0.6) is 5.75 Å². The lowest BCUT2D eigenvalue weighted by atomic mass is 10.1. The van der Waals surface area contributed by atoms with Gasteiger partial charge in [-0.1, -0.05) is 0 Å². The summed E-state index contributed by atoms with van der Waals surface area (Å²) in [5.41, 5.74) is 7.74. The number of ether oxygens (including phenoxy) is 1. The Hall–Kier alpha value is -1.46. The van der Waals surface area contributed by atoms with Crippen LogP contribution in [0.25, 0.3) is 11.4 Å². The molecule has 4 nitrogen and oxygen atoms in total. The van der Waals surface area contributed by atoms with Crippen LogP contribution < -0.4 is 10.5 Å². The molecule has 100 valence electrons. The molecular formula is C14H16BrN3O. The van der Waals surface area contributed by atoms with Crippen molar-refractivity contribution in [3.05, 3.63) is 40.6 Å². The number of hydrogen-bond donors (Lipinski definition) is 1. The van der Waals surface area contributed by atoms with Crippen LogP contribution in [0.1, 0.15) is 12.5 Å². The summed E-state index contributed by atoms with van der Waals surface area (Å²) in [6.45, 7) is 1.97. The van der Waals surface area contributed by atoms with E-state index in [-0.39, 0.29) is 6.04 Å². The summed E-state index contributed by atoms with van der Waals surface area (Å²) in [5.74, 6) is 1.48. The highest BCUT2D eigenvalue weighted by Gasteiger charge is 2.06. The number of benzene rings is 1. The second-order valence-corrected chi connectivity index (χ2v) is 5.30. The van der Waals surface area contributed by atoms with Gasteiger partial charge in [-0.25, -0.2) is 9.97 Å². The fourth-order valence-electron chi connectivity index (χ4n) is 1.79. The summed E-state index contributed by atoms with van der Waals surface area (Å²) >= 11 is 3.45. The zero-order chi connectivity index (χ0) is 13.8. The van der Waals surface area contributed by atoms with Crippen LogP contribution >= 0.6 is 15.9 Å². The minimum Gasteiger partial charge on any atom is -0.496 e. The van der Waals surface area contributed by atoms with E-state index in [1.54, 1.807) is 7.11 Å². The average molecular weight is 322 g/mol. The molecule has 1 heterocycles. The van der Waals surface area contributed by atoms with E-state index < -0.39 is 0 Å². The van der Waals surface area contributed by atoms with Gasteiger partial charge in [-0.2, -0.15) is 0 Å². The van der Waals surface area contributed by atoms with E-state index in [1.165, 1.54) is 0 Å². The maximum atomic E-state index is 5.75. The third-order valence-electron chi connectivity index (χ3n) is 2.67. The Kier molecular flexibility index (Phi) is 4.50. The highest BCUT2D eigenvalue weighted by Crippen LogP contribution is 2.28. The first kappa shape index (κ1) is 14.0. The predicted molar refractivity (Wildman–Crippen MR) is 79.1 cm³/mol. The van der Waals surface area contributed by atoms with E-state index in [4.69, 9.17) is 10.5 Å². The Morgan fingerprint density at radius 3 is 2.53 bits per heavy atom. The smallest absolute Gasteiger partial charge is 0.159 e. The molecule has 0 amide bonds. The largest absolute Gasteiger partial charge is 0.496 e. The molecule has 2 aromatic rings. The predicted octanol–water partition coefficient (Wildman–Crippen LogP) is 2.80. The van der Waals surface area contributed by atoms with Crippen LogP contribution in [0.4, 0.5) is 0 Å². The van der Waals surface area contributed by atoms with Crippen LogP contribution in [0.3, 0.4) is 0 Å². The van der Waals surface area contributed by atoms with E-state index in [1.807, 2.05) is 37.5 Å². The molecule has 5 heteroatoms. The number of hydrogen-bond acceptors (Lipinski definition) is 4. The molecule has 2 rings (SSSR count). The van der Waals surface area contributed by atoms with Crippen molar-refractivity contribution in [1.82, 2.24) is 9.97 Å². The molecule has 0 radical (unpaired) electrons. The first-order valence-electron chi connectivity index (χ1n) is 6.00. The molecule has 0 aliphatic heterocycles. The summed E-state index contributed by atoms with van der Waals surface area (Å²) in [6.07, 6.45) is 4.43. The normalized spacial score (nSPS) is 12.2. The van der Waals surface area contributed by atoms with Crippen molar-refractivity contribution in [2.45, 2.75) is 19.4 Å².